The van der Waals surface area contributed by atoms with Crippen LogP contribution in [0.25, 0.3) is 0 Å². The van der Waals surface area contributed by atoms with Crippen LogP contribution in [0.3, 0.4) is 0 Å². The molecule has 74 valence electrons. The summed E-state index contributed by atoms with van der Waals surface area (Å²) in [7, 11) is 0. The van der Waals surface area contributed by atoms with Gasteiger partial charge in [-0.25, -0.2) is 4.79 Å². The van der Waals surface area contributed by atoms with E-state index in [-0.39, 0.29) is 5.97 Å². The SMILES string of the molecule is CCOC(=O)C=C1C2C3CC4C1C4C32. The summed E-state index contributed by atoms with van der Waals surface area (Å²) in [4.78, 5) is 11.4. The summed E-state index contributed by atoms with van der Waals surface area (Å²) in [5, 5.41) is 0. The second kappa shape index (κ2) is 2.07. The van der Waals surface area contributed by atoms with Crippen LogP contribution in [0.5, 0.6) is 0 Å². The molecule has 2 nitrogen and oxygen atoms in total. The highest BCUT2D eigenvalue weighted by atomic mass is 16.5. The number of carbonyl (C=O) groups is 1. The normalized spacial score (nSPS) is 54.2. The summed E-state index contributed by atoms with van der Waals surface area (Å²) in [6.07, 6.45) is 3.27. The quantitative estimate of drug-likeness (QED) is 0.488. The smallest absolute Gasteiger partial charge is 0.330 e. The molecular weight excluding hydrogens is 176 g/mol. The lowest BCUT2D eigenvalue weighted by atomic mass is 9.95. The zero-order chi connectivity index (χ0) is 9.45. The lowest BCUT2D eigenvalue weighted by molar-refractivity contribution is -0.137. The first-order chi connectivity index (χ1) is 6.83. The third-order valence-corrected chi connectivity index (χ3v) is 4.79. The van der Waals surface area contributed by atoms with Crippen molar-refractivity contribution >= 4 is 5.97 Å². The summed E-state index contributed by atoms with van der Waals surface area (Å²) in [5.74, 6) is 5.42. The molecule has 14 heavy (non-hydrogen) atoms. The standard InChI is InChI=1S/C12H14O2/c1-2-14-8(13)4-7-9-5-3-6-10(7)12(6)11(5)9/h4-6,9-12H,2-3H2,1H3. The molecule has 0 bridgehead atoms. The van der Waals surface area contributed by atoms with E-state index in [4.69, 9.17) is 4.74 Å². The molecule has 0 saturated heterocycles. The number of fused-ring (bicyclic) bond motifs is 2. The van der Waals surface area contributed by atoms with E-state index in [1.807, 2.05) is 13.0 Å². The van der Waals surface area contributed by atoms with Gasteiger partial charge in [-0.15, -0.1) is 0 Å². The van der Waals surface area contributed by atoms with E-state index in [1.165, 1.54) is 12.0 Å². The Labute approximate surface area is 83.3 Å². The van der Waals surface area contributed by atoms with Crippen molar-refractivity contribution in [3.8, 4) is 0 Å². The van der Waals surface area contributed by atoms with Gasteiger partial charge in [0, 0.05) is 6.08 Å². The Kier molecular flexibility index (Phi) is 1.11. The average molecular weight is 190 g/mol. The predicted octanol–water partition coefficient (Wildman–Crippen LogP) is 1.62. The Morgan fingerprint density at radius 1 is 1.43 bits per heavy atom. The van der Waals surface area contributed by atoms with E-state index in [0.717, 1.165) is 35.5 Å². The van der Waals surface area contributed by atoms with Crippen LogP contribution in [-0.4, -0.2) is 12.6 Å². The zero-order valence-corrected chi connectivity index (χ0v) is 8.27. The topological polar surface area (TPSA) is 26.3 Å². The molecule has 0 heterocycles. The molecule has 0 amide bonds. The van der Waals surface area contributed by atoms with Gasteiger partial charge < -0.3 is 4.74 Å². The maximum atomic E-state index is 11.4. The third-order valence-electron chi connectivity index (χ3n) is 4.79. The predicted molar refractivity (Wildman–Crippen MR) is 50.3 cm³/mol. The number of hydrogen-bond acceptors (Lipinski definition) is 2. The Hall–Kier alpha value is -0.790. The van der Waals surface area contributed by atoms with Crippen molar-refractivity contribution in [3.05, 3.63) is 11.6 Å². The van der Waals surface area contributed by atoms with Gasteiger partial charge >= 0.3 is 5.97 Å². The van der Waals surface area contributed by atoms with Gasteiger partial charge in [-0.3, -0.25) is 0 Å². The van der Waals surface area contributed by atoms with E-state index >= 15 is 0 Å². The maximum Gasteiger partial charge on any atom is 0.330 e. The fraction of sp³-hybridized carbons (Fsp3) is 0.750. The van der Waals surface area contributed by atoms with Gasteiger partial charge in [-0.2, -0.15) is 0 Å². The number of hydrogen-bond donors (Lipinski definition) is 0. The average Bonchev–Trinajstić information content (AvgIpc) is 2.97. The van der Waals surface area contributed by atoms with E-state index in [2.05, 4.69) is 0 Å². The van der Waals surface area contributed by atoms with Crippen LogP contribution in [-0.2, 0) is 9.53 Å². The monoisotopic (exact) mass is 190 g/mol. The Morgan fingerprint density at radius 2 is 2.07 bits per heavy atom. The highest BCUT2D eigenvalue weighted by Crippen LogP contribution is 2.86. The van der Waals surface area contributed by atoms with Crippen LogP contribution in [0.15, 0.2) is 11.6 Å². The summed E-state index contributed by atoms with van der Waals surface area (Å²) < 4.78 is 4.97. The number of carbonyl (C=O) groups excluding carboxylic acids is 1. The molecule has 6 unspecified atom stereocenters. The molecule has 0 aromatic rings. The van der Waals surface area contributed by atoms with Crippen molar-refractivity contribution < 1.29 is 9.53 Å². The van der Waals surface area contributed by atoms with Crippen LogP contribution >= 0.6 is 0 Å². The second-order valence-electron chi connectivity index (χ2n) is 5.17. The van der Waals surface area contributed by atoms with Crippen LogP contribution < -0.4 is 0 Å². The molecule has 0 radical (unpaired) electrons. The zero-order valence-electron chi connectivity index (χ0n) is 8.27. The number of ether oxygens (including phenoxy) is 1. The second-order valence-corrected chi connectivity index (χ2v) is 5.17. The fourth-order valence-corrected chi connectivity index (χ4v) is 4.45. The van der Waals surface area contributed by atoms with Gasteiger partial charge in [-0.05, 0) is 48.9 Å². The lowest BCUT2D eigenvalue weighted by Gasteiger charge is -2.11. The number of allylic oxidation sites excluding steroid dienone is 1. The van der Waals surface area contributed by atoms with E-state index in [0.29, 0.717) is 6.61 Å². The van der Waals surface area contributed by atoms with Crippen molar-refractivity contribution in [1.29, 1.82) is 0 Å². The van der Waals surface area contributed by atoms with Crippen LogP contribution in [0.1, 0.15) is 13.3 Å². The Morgan fingerprint density at radius 3 is 2.57 bits per heavy atom. The Balaban J connectivity index is 1.61. The van der Waals surface area contributed by atoms with Crippen LogP contribution in [0.2, 0.25) is 0 Å². The first-order valence-electron chi connectivity index (χ1n) is 5.71. The lowest BCUT2D eigenvalue weighted by Crippen LogP contribution is -2.07. The summed E-state index contributed by atoms with van der Waals surface area (Å²) >= 11 is 0. The summed E-state index contributed by atoms with van der Waals surface area (Å²) in [6, 6.07) is 0. The first-order valence-corrected chi connectivity index (χ1v) is 5.71. The highest BCUT2D eigenvalue weighted by molar-refractivity contribution is 5.83. The van der Waals surface area contributed by atoms with Gasteiger partial charge in [0.15, 0.2) is 0 Å². The van der Waals surface area contributed by atoms with Gasteiger partial charge in [0.2, 0.25) is 0 Å². The number of rotatable bonds is 2. The molecule has 4 rings (SSSR count). The van der Waals surface area contributed by atoms with E-state index in [1.54, 1.807) is 0 Å². The van der Waals surface area contributed by atoms with Gasteiger partial charge in [-0.1, -0.05) is 5.57 Å². The molecular formula is C12H14O2. The third kappa shape index (κ3) is 0.656. The molecule has 4 aliphatic rings. The molecule has 4 saturated carbocycles. The van der Waals surface area contributed by atoms with Crippen molar-refractivity contribution in [3.63, 3.8) is 0 Å². The number of esters is 1. The van der Waals surface area contributed by atoms with Crippen molar-refractivity contribution in [2.24, 2.45) is 35.5 Å². The van der Waals surface area contributed by atoms with Crippen molar-refractivity contribution in [2.45, 2.75) is 13.3 Å². The Bertz CT molecular complexity index is 335. The van der Waals surface area contributed by atoms with Crippen LogP contribution in [0, 0.1) is 35.5 Å². The van der Waals surface area contributed by atoms with Crippen molar-refractivity contribution in [1.82, 2.24) is 0 Å². The summed E-state index contributed by atoms with van der Waals surface area (Å²) in [5.41, 5.74) is 1.46. The molecule has 0 aliphatic heterocycles. The molecule has 4 aliphatic carbocycles. The molecule has 0 spiro atoms. The molecule has 4 fully saturated rings. The van der Waals surface area contributed by atoms with Crippen LogP contribution in [0.4, 0.5) is 0 Å². The molecule has 0 N–H and O–H groups in total. The molecule has 6 atom stereocenters. The molecule has 0 aromatic heterocycles. The minimum atomic E-state index is -0.111. The maximum absolute atomic E-state index is 11.4. The van der Waals surface area contributed by atoms with Gasteiger partial charge in [0.05, 0.1) is 6.61 Å². The van der Waals surface area contributed by atoms with Gasteiger partial charge in [0.1, 0.15) is 0 Å². The minimum absolute atomic E-state index is 0.111. The minimum Gasteiger partial charge on any atom is -0.463 e. The van der Waals surface area contributed by atoms with Gasteiger partial charge in [0.25, 0.3) is 0 Å². The summed E-state index contributed by atoms with van der Waals surface area (Å²) in [6.45, 7) is 2.36. The molecule has 2 heteroatoms. The van der Waals surface area contributed by atoms with E-state index < -0.39 is 0 Å². The molecule has 0 aromatic carbocycles. The highest BCUT2D eigenvalue weighted by Gasteiger charge is 2.81. The van der Waals surface area contributed by atoms with Crippen molar-refractivity contribution in [2.75, 3.05) is 6.61 Å². The van der Waals surface area contributed by atoms with E-state index in [9.17, 15) is 4.79 Å². The fourth-order valence-electron chi connectivity index (χ4n) is 4.45. The first kappa shape index (κ1) is 7.49. The largest absolute Gasteiger partial charge is 0.463 e.